The Morgan fingerprint density at radius 1 is 1.13 bits per heavy atom. The van der Waals surface area contributed by atoms with Gasteiger partial charge in [-0.2, -0.15) is 0 Å². The van der Waals surface area contributed by atoms with Gasteiger partial charge in [0, 0.05) is 11.8 Å². The van der Waals surface area contributed by atoms with E-state index in [1.807, 2.05) is 13.0 Å². The summed E-state index contributed by atoms with van der Waals surface area (Å²) in [6, 6.07) is 0. The number of allylic oxidation sites excluding steroid dienone is 2. The van der Waals surface area contributed by atoms with Crippen LogP contribution in [0.25, 0.3) is 0 Å². The average molecular weight is 420 g/mol. The second kappa shape index (κ2) is 7.45. The lowest BCUT2D eigenvalue weighted by atomic mass is 9.47. The van der Waals surface area contributed by atoms with Crippen LogP contribution in [0, 0.1) is 34.5 Å². The first-order chi connectivity index (χ1) is 14.1. The number of carboxylic acid groups (broad SMARTS) is 1. The number of carboxylic acids is 1. The van der Waals surface area contributed by atoms with E-state index in [-0.39, 0.29) is 40.3 Å². The van der Waals surface area contributed by atoms with Crippen molar-refractivity contribution in [3.63, 3.8) is 0 Å². The number of carbonyl (C=O) groups excluding carboxylic acids is 1. The fraction of sp³-hybridized carbons (Fsp3) is 0.783. The predicted octanol–water partition coefficient (Wildman–Crippen LogP) is 2.55. The number of aliphatic hydroxyl groups excluding tert-OH is 2. The monoisotopic (exact) mass is 419 g/mol. The van der Waals surface area contributed by atoms with E-state index in [0.29, 0.717) is 12.8 Å². The third kappa shape index (κ3) is 3.21. The number of nitrogens with zero attached hydrogens (tertiary/aromatic N) is 1. The van der Waals surface area contributed by atoms with Gasteiger partial charge < -0.3 is 20.2 Å². The molecule has 0 heterocycles. The SMILES string of the molecule is CC(=NOCC(=O)O)C1CCC2C3=CC(=O)C4CC(O)C(O)CC4(C)C3CCC21C. The van der Waals surface area contributed by atoms with Crippen molar-refractivity contribution < 1.29 is 29.7 Å². The van der Waals surface area contributed by atoms with E-state index >= 15 is 0 Å². The van der Waals surface area contributed by atoms with Crippen molar-refractivity contribution in [2.24, 2.45) is 39.7 Å². The van der Waals surface area contributed by atoms with Crippen LogP contribution >= 0.6 is 0 Å². The van der Waals surface area contributed by atoms with Gasteiger partial charge in [-0.1, -0.05) is 24.6 Å². The number of rotatable bonds is 4. The summed E-state index contributed by atoms with van der Waals surface area (Å²) in [5.74, 6) is -0.457. The molecule has 166 valence electrons. The highest BCUT2D eigenvalue weighted by Gasteiger charge is 2.60. The number of hydrogen-bond donors (Lipinski definition) is 3. The molecule has 4 rings (SSSR count). The molecule has 0 spiro atoms. The molecule has 0 amide bonds. The van der Waals surface area contributed by atoms with Crippen LogP contribution < -0.4 is 0 Å². The summed E-state index contributed by atoms with van der Waals surface area (Å²) in [4.78, 5) is 28.8. The molecule has 7 heteroatoms. The van der Waals surface area contributed by atoms with Crippen LogP contribution in [-0.4, -0.2) is 51.6 Å². The largest absolute Gasteiger partial charge is 0.479 e. The van der Waals surface area contributed by atoms with Crippen molar-refractivity contribution >= 4 is 17.5 Å². The van der Waals surface area contributed by atoms with Gasteiger partial charge in [0.2, 0.25) is 6.61 Å². The normalized spacial score (nSPS) is 45.8. The van der Waals surface area contributed by atoms with Gasteiger partial charge >= 0.3 is 5.97 Å². The van der Waals surface area contributed by atoms with Gasteiger partial charge in [-0.25, -0.2) is 4.79 Å². The summed E-state index contributed by atoms with van der Waals surface area (Å²) >= 11 is 0. The third-order valence-corrected chi connectivity index (χ3v) is 8.83. The third-order valence-electron chi connectivity index (χ3n) is 8.83. The van der Waals surface area contributed by atoms with Crippen LogP contribution in [0.2, 0.25) is 0 Å². The quantitative estimate of drug-likeness (QED) is 0.476. The summed E-state index contributed by atoms with van der Waals surface area (Å²) < 4.78 is 0. The van der Waals surface area contributed by atoms with E-state index in [4.69, 9.17) is 9.94 Å². The lowest BCUT2D eigenvalue weighted by Gasteiger charge is -2.57. The minimum atomic E-state index is -1.05. The molecule has 0 aliphatic heterocycles. The summed E-state index contributed by atoms with van der Waals surface area (Å²) in [5.41, 5.74) is 1.69. The molecule has 3 fully saturated rings. The minimum absolute atomic E-state index is 0.0429. The summed E-state index contributed by atoms with van der Waals surface area (Å²) in [6.07, 6.45) is 4.91. The topological polar surface area (TPSA) is 116 Å². The summed E-state index contributed by atoms with van der Waals surface area (Å²) in [5, 5.41) is 33.4. The van der Waals surface area contributed by atoms with Gasteiger partial charge in [0.15, 0.2) is 5.78 Å². The first-order valence-electron chi connectivity index (χ1n) is 11.1. The second-order valence-electron chi connectivity index (χ2n) is 10.4. The molecule has 0 saturated heterocycles. The van der Waals surface area contributed by atoms with Gasteiger partial charge in [-0.15, -0.1) is 0 Å². The molecule has 3 saturated carbocycles. The Labute approximate surface area is 177 Å². The lowest BCUT2D eigenvalue weighted by molar-refractivity contribution is -0.143. The molecule has 0 aromatic rings. The van der Waals surface area contributed by atoms with E-state index in [1.165, 1.54) is 5.57 Å². The number of ketones is 1. The zero-order valence-corrected chi connectivity index (χ0v) is 18.0. The molecule has 0 radical (unpaired) electrons. The van der Waals surface area contributed by atoms with E-state index in [0.717, 1.165) is 31.4 Å². The summed E-state index contributed by atoms with van der Waals surface area (Å²) in [7, 11) is 0. The standard InChI is InChI=1S/C23H33NO6/c1-12(24-30-11-21(28)29)14-4-5-15-13-8-18(25)17-9-19(26)20(27)10-23(17,3)16(13)6-7-22(14,15)2/h8,14-17,19-20,26-27H,4-7,9-11H2,1-3H3,(H,28,29). The van der Waals surface area contributed by atoms with Crippen molar-refractivity contribution in [2.75, 3.05) is 6.61 Å². The zero-order valence-electron chi connectivity index (χ0n) is 18.0. The fourth-order valence-electron chi connectivity index (χ4n) is 7.33. The van der Waals surface area contributed by atoms with Gasteiger partial charge in [-0.3, -0.25) is 4.79 Å². The molecule has 8 atom stereocenters. The Balaban J connectivity index is 1.61. The van der Waals surface area contributed by atoms with Crippen molar-refractivity contribution in [2.45, 2.75) is 71.5 Å². The van der Waals surface area contributed by atoms with Crippen molar-refractivity contribution in [1.82, 2.24) is 0 Å². The van der Waals surface area contributed by atoms with E-state index in [9.17, 15) is 19.8 Å². The van der Waals surface area contributed by atoms with Crippen LogP contribution in [-0.2, 0) is 14.4 Å². The molecule has 4 aliphatic carbocycles. The summed E-state index contributed by atoms with van der Waals surface area (Å²) in [6.45, 7) is 5.85. The number of fused-ring (bicyclic) bond motifs is 5. The Morgan fingerprint density at radius 3 is 2.53 bits per heavy atom. The molecule has 3 N–H and O–H groups in total. The maximum absolute atomic E-state index is 13.1. The molecular formula is C23H33NO6. The van der Waals surface area contributed by atoms with Crippen LogP contribution in [0.3, 0.4) is 0 Å². The number of aliphatic carboxylic acids is 1. The number of hydrogen-bond acceptors (Lipinski definition) is 6. The van der Waals surface area contributed by atoms with E-state index in [1.54, 1.807) is 0 Å². The second-order valence-corrected chi connectivity index (χ2v) is 10.4. The minimum Gasteiger partial charge on any atom is -0.479 e. The zero-order chi connectivity index (χ0) is 21.8. The number of aliphatic hydroxyl groups is 2. The first kappa shape index (κ1) is 21.5. The molecule has 0 aromatic heterocycles. The Bertz CT molecular complexity index is 806. The van der Waals surface area contributed by atoms with Crippen LogP contribution in [0.4, 0.5) is 0 Å². The Kier molecular flexibility index (Phi) is 5.34. The maximum Gasteiger partial charge on any atom is 0.344 e. The molecule has 0 bridgehead atoms. The number of oxime groups is 1. The van der Waals surface area contributed by atoms with Gasteiger partial charge in [0.05, 0.1) is 17.9 Å². The van der Waals surface area contributed by atoms with E-state index < -0.39 is 24.8 Å². The van der Waals surface area contributed by atoms with Crippen LogP contribution in [0.5, 0.6) is 0 Å². The Morgan fingerprint density at radius 2 is 1.83 bits per heavy atom. The molecular weight excluding hydrogens is 386 g/mol. The fourth-order valence-corrected chi connectivity index (χ4v) is 7.33. The van der Waals surface area contributed by atoms with Crippen molar-refractivity contribution in [3.05, 3.63) is 11.6 Å². The first-order valence-corrected chi connectivity index (χ1v) is 11.1. The molecule has 30 heavy (non-hydrogen) atoms. The predicted molar refractivity (Wildman–Crippen MR) is 110 cm³/mol. The molecule has 8 unspecified atom stereocenters. The van der Waals surface area contributed by atoms with Gasteiger partial charge in [-0.05, 0) is 74.2 Å². The molecule has 0 aromatic carbocycles. The van der Waals surface area contributed by atoms with Crippen molar-refractivity contribution in [3.8, 4) is 0 Å². The lowest BCUT2D eigenvalue weighted by Crippen LogP contribution is -2.55. The Hall–Kier alpha value is -1.73. The number of carbonyl (C=O) groups is 2. The van der Waals surface area contributed by atoms with Crippen molar-refractivity contribution in [1.29, 1.82) is 0 Å². The highest BCUT2D eigenvalue weighted by molar-refractivity contribution is 5.95. The van der Waals surface area contributed by atoms with Crippen LogP contribution in [0.15, 0.2) is 16.8 Å². The van der Waals surface area contributed by atoms with Gasteiger partial charge in [0.1, 0.15) is 0 Å². The van der Waals surface area contributed by atoms with E-state index in [2.05, 4.69) is 19.0 Å². The highest BCUT2D eigenvalue weighted by Crippen LogP contribution is 2.65. The molecule has 7 nitrogen and oxygen atoms in total. The average Bonchev–Trinajstić information content (AvgIpc) is 3.01. The van der Waals surface area contributed by atoms with Gasteiger partial charge in [0.25, 0.3) is 0 Å². The molecule has 4 aliphatic rings. The highest BCUT2D eigenvalue weighted by atomic mass is 16.6. The van der Waals surface area contributed by atoms with Crippen LogP contribution in [0.1, 0.15) is 59.3 Å². The maximum atomic E-state index is 13.1. The smallest absolute Gasteiger partial charge is 0.344 e.